The van der Waals surface area contributed by atoms with Crippen molar-refractivity contribution >= 4 is 0 Å². The fourth-order valence-corrected chi connectivity index (χ4v) is 6.73. The number of pyridine rings is 2. The molecule has 0 N–H and O–H groups in total. The van der Waals surface area contributed by atoms with Gasteiger partial charge in [-0.1, -0.05) is 73.3 Å². The largest absolute Gasteiger partial charge is 0.213 e. The van der Waals surface area contributed by atoms with E-state index in [2.05, 4.69) is 132 Å². The van der Waals surface area contributed by atoms with Gasteiger partial charge in [-0.3, -0.25) is 0 Å². The Morgan fingerprint density at radius 2 is 1.47 bits per heavy atom. The van der Waals surface area contributed by atoms with E-state index < -0.39 is 0 Å². The third kappa shape index (κ3) is 3.71. The molecule has 2 aliphatic rings. The number of aromatic nitrogens is 2. The van der Waals surface area contributed by atoms with Gasteiger partial charge in [0.05, 0.1) is 11.5 Å². The summed E-state index contributed by atoms with van der Waals surface area (Å²) in [7, 11) is 0. The minimum absolute atomic E-state index is 0.202. The molecule has 0 bridgehead atoms. The van der Waals surface area contributed by atoms with Gasteiger partial charge in [-0.2, -0.15) is 9.13 Å². The third-order valence-electron chi connectivity index (χ3n) is 8.47. The van der Waals surface area contributed by atoms with Gasteiger partial charge in [0, 0.05) is 34.9 Å². The lowest BCUT2D eigenvalue weighted by Gasteiger charge is -2.32. The molecule has 38 heavy (non-hydrogen) atoms. The van der Waals surface area contributed by atoms with E-state index >= 15 is 0 Å². The van der Waals surface area contributed by atoms with Crippen LogP contribution in [0.4, 0.5) is 0 Å². The van der Waals surface area contributed by atoms with Gasteiger partial charge in [0.1, 0.15) is 0 Å². The minimum Gasteiger partial charge on any atom is -0.193 e. The first kappa shape index (κ1) is 22.9. The van der Waals surface area contributed by atoms with Gasteiger partial charge in [0.25, 0.3) is 0 Å². The molecule has 2 unspecified atom stereocenters. The van der Waals surface area contributed by atoms with Gasteiger partial charge < -0.3 is 0 Å². The smallest absolute Gasteiger partial charge is 0.193 e. The van der Waals surface area contributed by atoms with E-state index in [-0.39, 0.29) is 6.04 Å². The van der Waals surface area contributed by atoms with E-state index in [1.165, 1.54) is 55.9 Å². The molecule has 2 heteroatoms. The number of nitrogens with zero attached hydrogens (tertiary/aromatic N) is 2. The van der Waals surface area contributed by atoms with Crippen molar-refractivity contribution in [2.75, 3.05) is 0 Å². The van der Waals surface area contributed by atoms with Gasteiger partial charge in [-0.25, -0.2) is 0 Å². The van der Waals surface area contributed by atoms with Crippen molar-refractivity contribution in [1.29, 1.82) is 0 Å². The van der Waals surface area contributed by atoms with Gasteiger partial charge in [-0.15, -0.1) is 0 Å². The second-order valence-electron chi connectivity index (χ2n) is 10.7. The number of benzene rings is 3. The molecule has 0 radical (unpaired) electrons. The predicted molar refractivity (Wildman–Crippen MR) is 154 cm³/mol. The van der Waals surface area contributed by atoms with Gasteiger partial charge in [0.2, 0.25) is 11.4 Å². The van der Waals surface area contributed by atoms with Crippen LogP contribution >= 0.6 is 0 Å². The summed E-state index contributed by atoms with van der Waals surface area (Å²) in [6.45, 7) is 7.79. The Morgan fingerprint density at radius 3 is 2.34 bits per heavy atom. The lowest BCUT2D eigenvalue weighted by atomic mass is 9.76. The Kier molecular flexibility index (Phi) is 5.55. The zero-order chi connectivity index (χ0) is 25.6. The molecule has 0 amide bonds. The van der Waals surface area contributed by atoms with E-state index in [1.54, 1.807) is 0 Å². The summed E-state index contributed by atoms with van der Waals surface area (Å²) in [5, 5.41) is 0. The maximum Gasteiger partial charge on any atom is 0.213 e. The fourth-order valence-electron chi connectivity index (χ4n) is 6.73. The number of allylic oxidation sites excluding steroid dienone is 1. The maximum absolute atomic E-state index is 4.78. The number of hydrogen-bond donors (Lipinski definition) is 0. The average molecular weight is 493 g/mol. The fraction of sp³-hybridized carbons (Fsp3) is 0.167. The second kappa shape index (κ2) is 9.22. The molecule has 0 aliphatic carbocycles. The summed E-state index contributed by atoms with van der Waals surface area (Å²) < 4.78 is 4.93. The molecular weight excluding hydrogens is 460 g/mol. The Labute approximate surface area is 225 Å². The van der Waals surface area contributed by atoms with Crippen molar-refractivity contribution in [2.24, 2.45) is 0 Å². The van der Waals surface area contributed by atoms with Crippen LogP contribution in [0.2, 0.25) is 0 Å². The molecule has 3 aromatic carbocycles. The van der Waals surface area contributed by atoms with Crippen LogP contribution in [0.1, 0.15) is 35.1 Å². The van der Waals surface area contributed by atoms with E-state index in [9.17, 15) is 0 Å². The monoisotopic (exact) mass is 492 g/mol. The van der Waals surface area contributed by atoms with Gasteiger partial charge in [-0.05, 0) is 60.2 Å². The zero-order valence-corrected chi connectivity index (χ0v) is 21.8. The first-order valence-corrected chi connectivity index (χ1v) is 13.6. The molecule has 0 fully saturated rings. The first-order chi connectivity index (χ1) is 18.7. The van der Waals surface area contributed by atoms with E-state index in [0.29, 0.717) is 5.92 Å². The van der Waals surface area contributed by atoms with Crippen LogP contribution in [0.3, 0.4) is 0 Å². The summed E-state index contributed by atoms with van der Waals surface area (Å²) in [6, 6.07) is 37.9. The summed E-state index contributed by atoms with van der Waals surface area (Å²) in [6.07, 6.45) is 6.72. The van der Waals surface area contributed by atoms with Crippen LogP contribution in [-0.2, 0) is 13.0 Å². The quantitative estimate of drug-likeness (QED) is 0.170. The predicted octanol–water partition coefficient (Wildman–Crippen LogP) is 7.41. The summed E-state index contributed by atoms with van der Waals surface area (Å²) >= 11 is 0. The van der Waals surface area contributed by atoms with Crippen LogP contribution in [0.25, 0.3) is 33.6 Å². The van der Waals surface area contributed by atoms with Crippen molar-refractivity contribution in [3.63, 3.8) is 0 Å². The summed E-state index contributed by atoms with van der Waals surface area (Å²) in [5.41, 5.74) is 13.2. The summed E-state index contributed by atoms with van der Waals surface area (Å²) in [4.78, 5) is 0. The normalized spacial score (nSPS) is 17.9. The minimum atomic E-state index is 0.202. The average Bonchev–Trinajstić information content (AvgIpc) is 2.97. The lowest BCUT2D eigenvalue weighted by molar-refractivity contribution is -0.722. The molecule has 2 nitrogen and oxygen atoms in total. The highest BCUT2D eigenvalue weighted by Crippen LogP contribution is 2.44. The van der Waals surface area contributed by atoms with Gasteiger partial charge in [0.15, 0.2) is 25.0 Å². The Bertz CT molecular complexity index is 1680. The lowest BCUT2D eigenvalue weighted by Crippen LogP contribution is -2.51. The standard InChI is InChI=1S/C36H32N2/c1-25-22-35-29-15-7-6-14-28(29)19-20-32-30-16-8-9-17-31(30)34-18-10-11-21-38(34)36(32)26(2)23-37(35)24-33(25)27-12-4-3-5-13-27/h3-18,21-22,24,32,36H,2,19-20,23H2,1H3/q+2. The molecule has 2 atom stereocenters. The van der Waals surface area contributed by atoms with Crippen molar-refractivity contribution in [2.45, 2.75) is 38.3 Å². The Balaban J connectivity index is 1.44. The molecule has 2 aliphatic heterocycles. The number of rotatable bonds is 1. The topological polar surface area (TPSA) is 7.76 Å². The Hall–Kier alpha value is -4.30. The van der Waals surface area contributed by atoms with Crippen LogP contribution in [0, 0.1) is 6.92 Å². The van der Waals surface area contributed by atoms with Crippen LogP contribution in [0.5, 0.6) is 0 Å². The molecule has 4 heterocycles. The SMILES string of the molecule is C=C1C[n+]2cc(-c3ccccc3)c(C)cc2-c2ccccc2CCC2c3ccccc3-c3cccc[n+]3C12. The molecule has 7 rings (SSSR count). The molecular formula is C36H32N2+2. The van der Waals surface area contributed by atoms with E-state index in [4.69, 9.17) is 6.58 Å². The molecule has 5 aromatic rings. The third-order valence-corrected chi connectivity index (χ3v) is 8.47. The van der Waals surface area contributed by atoms with Crippen LogP contribution in [0.15, 0.2) is 128 Å². The molecule has 2 aromatic heterocycles. The highest BCUT2D eigenvalue weighted by Gasteiger charge is 2.43. The van der Waals surface area contributed by atoms with Crippen molar-refractivity contribution in [1.82, 2.24) is 0 Å². The summed E-state index contributed by atoms with van der Waals surface area (Å²) in [5.74, 6) is 0.368. The Morgan fingerprint density at radius 1 is 0.737 bits per heavy atom. The molecule has 184 valence electrons. The molecule has 0 saturated heterocycles. The maximum atomic E-state index is 4.78. The van der Waals surface area contributed by atoms with Crippen molar-refractivity contribution in [3.8, 4) is 33.6 Å². The van der Waals surface area contributed by atoms with Crippen molar-refractivity contribution in [3.05, 3.63) is 144 Å². The van der Waals surface area contributed by atoms with Crippen LogP contribution in [-0.4, -0.2) is 0 Å². The second-order valence-corrected chi connectivity index (χ2v) is 10.7. The zero-order valence-electron chi connectivity index (χ0n) is 21.8. The van der Waals surface area contributed by atoms with E-state index in [0.717, 1.165) is 19.4 Å². The van der Waals surface area contributed by atoms with Crippen molar-refractivity contribution < 1.29 is 9.13 Å². The molecule has 0 saturated carbocycles. The van der Waals surface area contributed by atoms with Crippen LogP contribution < -0.4 is 9.13 Å². The number of fused-ring (bicyclic) bond motifs is 9. The number of hydrogen-bond acceptors (Lipinski definition) is 0. The molecule has 0 spiro atoms. The highest BCUT2D eigenvalue weighted by atomic mass is 15.0. The van der Waals surface area contributed by atoms with Gasteiger partial charge >= 0.3 is 0 Å². The highest BCUT2D eigenvalue weighted by molar-refractivity contribution is 5.70. The first-order valence-electron chi connectivity index (χ1n) is 13.6. The number of aryl methyl sites for hydroxylation is 2. The van der Waals surface area contributed by atoms with E-state index in [1.807, 2.05) is 0 Å².